The number of ether oxygens (including phenoxy) is 3. The number of anilines is 1. The molecule has 8 nitrogen and oxygen atoms in total. The summed E-state index contributed by atoms with van der Waals surface area (Å²) in [6, 6.07) is 13.0. The van der Waals surface area contributed by atoms with Crippen LogP contribution >= 0.6 is 0 Å². The molecule has 0 aliphatic carbocycles. The summed E-state index contributed by atoms with van der Waals surface area (Å²) < 4.78 is 15.4. The second kappa shape index (κ2) is 10.6. The summed E-state index contributed by atoms with van der Waals surface area (Å²) in [7, 11) is 1.55. The lowest BCUT2D eigenvalue weighted by Crippen LogP contribution is -2.28. The molecule has 28 heavy (non-hydrogen) atoms. The van der Waals surface area contributed by atoms with E-state index in [1.165, 1.54) is 12.1 Å². The monoisotopic (exact) mass is 386 g/mol. The average Bonchev–Trinajstić information content (AvgIpc) is 2.71. The van der Waals surface area contributed by atoms with Gasteiger partial charge in [0.1, 0.15) is 11.5 Å². The smallest absolute Gasteiger partial charge is 0.338 e. The van der Waals surface area contributed by atoms with Crippen LogP contribution in [-0.2, 0) is 14.3 Å². The van der Waals surface area contributed by atoms with Crippen LogP contribution in [0.25, 0.3) is 0 Å². The van der Waals surface area contributed by atoms with Gasteiger partial charge in [-0.05, 0) is 43.3 Å². The summed E-state index contributed by atoms with van der Waals surface area (Å²) in [4.78, 5) is 35.1. The van der Waals surface area contributed by atoms with Crippen molar-refractivity contribution in [2.24, 2.45) is 0 Å². The van der Waals surface area contributed by atoms with E-state index in [2.05, 4.69) is 10.6 Å². The Morgan fingerprint density at radius 1 is 0.929 bits per heavy atom. The van der Waals surface area contributed by atoms with E-state index in [4.69, 9.17) is 14.2 Å². The van der Waals surface area contributed by atoms with Crippen LogP contribution in [0, 0.1) is 0 Å². The minimum absolute atomic E-state index is 0.196. The Hall–Kier alpha value is -3.55. The topological polar surface area (TPSA) is 103 Å². The molecular weight excluding hydrogens is 364 g/mol. The number of carbonyl (C=O) groups excluding carboxylic acids is 3. The molecule has 8 heteroatoms. The average molecular weight is 386 g/mol. The lowest BCUT2D eigenvalue weighted by molar-refractivity contribution is -0.124. The fourth-order valence-corrected chi connectivity index (χ4v) is 2.20. The Labute approximate surface area is 162 Å². The molecule has 2 N–H and O–H groups in total. The molecule has 2 amide bonds. The highest BCUT2D eigenvalue weighted by atomic mass is 16.5. The molecule has 0 saturated heterocycles. The van der Waals surface area contributed by atoms with E-state index in [9.17, 15) is 14.4 Å². The number of carbonyl (C=O) groups is 3. The van der Waals surface area contributed by atoms with E-state index in [-0.39, 0.29) is 30.6 Å². The number of amides is 2. The van der Waals surface area contributed by atoms with Crippen LogP contribution in [0.2, 0.25) is 0 Å². The molecule has 0 aliphatic rings. The fourth-order valence-electron chi connectivity index (χ4n) is 2.20. The van der Waals surface area contributed by atoms with Gasteiger partial charge >= 0.3 is 5.97 Å². The van der Waals surface area contributed by atoms with Gasteiger partial charge in [0.25, 0.3) is 11.8 Å². The number of methoxy groups -OCH3 is 1. The van der Waals surface area contributed by atoms with Crippen molar-refractivity contribution >= 4 is 23.5 Å². The Bertz CT molecular complexity index is 820. The normalized spacial score (nSPS) is 9.93. The summed E-state index contributed by atoms with van der Waals surface area (Å²) in [5, 5.41) is 5.23. The molecule has 0 aromatic heterocycles. The minimum Gasteiger partial charge on any atom is -0.497 e. The van der Waals surface area contributed by atoms with Crippen LogP contribution in [0.3, 0.4) is 0 Å². The summed E-state index contributed by atoms with van der Waals surface area (Å²) in [5.74, 6) is -0.264. The lowest BCUT2D eigenvalue weighted by Gasteiger charge is -2.09. The zero-order valence-electron chi connectivity index (χ0n) is 15.7. The third kappa shape index (κ3) is 6.64. The maximum absolute atomic E-state index is 12.0. The van der Waals surface area contributed by atoms with Crippen LogP contribution < -0.4 is 20.1 Å². The first kappa shape index (κ1) is 20.8. The predicted molar refractivity (Wildman–Crippen MR) is 103 cm³/mol. The maximum Gasteiger partial charge on any atom is 0.338 e. The molecule has 0 spiro atoms. The maximum atomic E-state index is 12.0. The number of benzene rings is 2. The Kier molecular flexibility index (Phi) is 7.83. The van der Waals surface area contributed by atoms with Gasteiger partial charge in [-0.15, -0.1) is 0 Å². The van der Waals surface area contributed by atoms with Crippen molar-refractivity contribution in [3.05, 3.63) is 54.1 Å². The first-order valence-electron chi connectivity index (χ1n) is 8.62. The second-order valence-electron chi connectivity index (χ2n) is 5.62. The Morgan fingerprint density at radius 2 is 1.68 bits per heavy atom. The van der Waals surface area contributed by atoms with E-state index < -0.39 is 5.97 Å². The molecule has 2 aromatic rings. The van der Waals surface area contributed by atoms with E-state index >= 15 is 0 Å². The van der Waals surface area contributed by atoms with Gasteiger partial charge in [-0.3, -0.25) is 9.59 Å². The van der Waals surface area contributed by atoms with Crippen LogP contribution in [0.5, 0.6) is 11.5 Å². The molecule has 0 atom stereocenters. The summed E-state index contributed by atoms with van der Waals surface area (Å²) in [6.07, 6.45) is 0. The first-order chi connectivity index (χ1) is 13.5. The van der Waals surface area contributed by atoms with E-state index in [0.717, 1.165) is 0 Å². The summed E-state index contributed by atoms with van der Waals surface area (Å²) >= 11 is 0. The third-order valence-corrected chi connectivity index (χ3v) is 3.52. The molecule has 2 aromatic carbocycles. The largest absolute Gasteiger partial charge is 0.497 e. The van der Waals surface area contributed by atoms with Crippen molar-refractivity contribution in [2.45, 2.75) is 6.92 Å². The second-order valence-corrected chi connectivity index (χ2v) is 5.62. The molecular formula is C20H22N2O6. The van der Waals surface area contributed by atoms with Gasteiger partial charge in [0, 0.05) is 18.3 Å². The van der Waals surface area contributed by atoms with E-state index in [1.807, 2.05) is 0 Å². The van der Waals surface area contributed by atoms with Crippen molar-refractivity contribution in [2.75, 3.05) is 32.2 Å². The molecule has 0 heterocycles. The van der Waals surface area contributed by atoms with Crippen LogP contribution in [0.1, 0.15) is 17.3 Å². The van der Waals surface area contributed by atoms with Crippen molar-refractivity contribution in [3.8, 4) is 11.5 Å². The quantitative estimate of drug-likeness (QED) is 0.639. The number of rotatable bonds is 9. The van der Waals surface area contributed by atoms with Gasteiger partial charge in [0.05, 0.1) is 12.7 Å². The van der Waals surface area contributed by atoms with E-state index in [0.29, 0.717) is 23.7 Å². The SMILES string of the molecule is CCNC(=O)COC(=O)c1ccc(OCC(=O)Nc2cccc(OC)c2)cc1. The number of hydrogen-bond acceptors (Lipinski definition) is 6. The number of likely N-dealkylation sites (N-methyl/N-ethyl adjacent to an activating group) is 1. The summed E-state index contributed by atoms with van der Waals surface area (Å²) in [5.41, 5.74) is 0.871. The fraction of sp³-hybridized carbons (Fsp3) is 0.250. The molecule has 0 radical (unpaired) electrons. The van der Waals surface area contributed by atoms with Gasteiger partial charge in [-0.1, -0.05) is 6.07 Å². The highest BCUT2D eigenvalue weighted by Crippen LogP contribution is 2.17. The first-order valence-corrected chi connectivity index (χ1v) is 8.62. The minimum atomic E-state index is -0.617. The van der Waals surface area contributed by atoms with E-state index in [1.54, 1.807) is 50.4 Å². The molecule has 0 fully saturated rings. The molecule has 2 rings (SSSR count). The van der Waals surface area contributed by atoms with Gasteiger partial charge in [-0.25, -0.2) is 4.79 Å². The zero-order chi connectivity index (χ0) is 20.4. The molecule has 0 bridgehead atoms. The number of nitrogens with one attached hydrogen (secondary N) is 2. The Balaban J connectivity index is 1.80. The van der Waals surface area contributed by atoms with Gasteiger partial charge in [0.15, 0.2) is 13.2 Å². The predicted octanol–water partition coefficient (Wildman–Crippen LogP) is 2.01. The summed E-state index contributed by atoms with van der Waals surface area (Å²) in [6.45, 7) is 1.71. The molecule has 0 unspecified atom stereocenters. The molecule has 148 valence electrons. The van der Waals surface area contributed by atoms with Crippen LogP contribution in [0.4, 0.5) is 5.69 Å². The number of esters is 1. The lowest BCUT2D eigenvalue weighted by atomic mass is 10.2. The van der Waals surface area contributed by atoms with Crippen LogP contribution in [0.15, 0.2) is 48.5 Å². The van der Waals surface area contributed by atoms with Gasteiger partial charge in [0.2, 0.25) is 0 Å². The van der Waals surface area contributed by atoms with Crippen molar-refractivity contribution in [1.82, 2.24) is 5.32 Å². The van der Waals surface area contributed by atoms with Crippen molar-refractivity contribution in [1.29, 1.82) is 0 Å². The van der Waals surface area contributed by atoms with Crippen molar-refractivity contribution in [3.63, 3.8) is 0 Å². The highest BCUT2D eigenvalue weighted by Gasteiger charge is 2.10. The Morgan fingerprint density at radius 3 is 2.36 bits per heavy atom. The zero-order valence-corrected chi connectivity index (χ0v) is 15.7. The highest BCUT2D eigenvalue weighted by molar-refractivity contribution is 5.92. The number of hydrogen-bond donors (Lipinski definition) is 2. The van der Waals surface area contributed by atoms with Gasteiger partial charge in [-0.2, -0.15) is 0 Å². The van der Waals surface area contributed by atoms with Crippen LogP contribution in [-0.4, -0.2) is 44.7 Å². The third-order valence-electron chi connectivity index (χ3n) is 3.52. The van der Waals surface area contributed by atoms with Crippen molar-refractivity contribution < 1.29 is 28.6 Å². The van der Waals surface area contributed by atoms with Gasteiger partial charge < -0.3 is 24.8 Å². The molecule has 0 saturated carbocycles. The standard InChI is InChI=1S/C20H22N2O6/c1-3-21-18(23)12-28-20(25)14-7-9-16(10-8-14)27-13-19(24)22-15-5-4-6-17(11-15)26-2/h4-11H,3,12-13H2,1-2H3,(H,21,23)(H,22,24). The molecule has 0 aliphatic heterocycles.